The highest BCUT2D eigenvalue weighted by Crippen LogP contribution is 2.40. The molecule has 130 valence electrons. The first kappa shape index (κ1) is 17.7. The molecule has 2 fully saturated rings. The average molecular weight is 330 g/mol. The third kappa shape index (κ3) is 3.63. The van der Waals surface area contributed by atoms with E-state index in [2.05, 4.69) is 5.32 Å². The number of amides is 2. The van der Waals surface area contributed by atoms with Crippen molar-refractivity contribution < 1.29 is 29.0 Å². The highest BCUT2D eigenvalue weighted by molar-refractivity contribution is 5.95. The van der Waals surface area contributed by atoms with Gasteiger partial charge in [0.2, 0.25) is 5.91 Å². The molecule has 0 spiro atoms. The van der Waals surface area contributed by atoms with Crippen molar-refractivity contribution in [2.24, 2.45) is 5.41 Å². The van der Waals surface area contributed by atoms with Crippen molar-refractivity contribution in [3.63, 3.8) is 0 Å². The quantitative estimate of drug-likeness (QED) is 0.676. The van der Waals surface area contributed by atoms with E-state index in [0.717, 1.165) is 4.90 Å². The van der Waals surface area contributed by atoms with Crippen LogP contribution in [-0.2, 0) is 14.4 Å². The summed E-state index contributed by atoms with van der Waals surface area (Å²) in [5.41, 5.74) is -2.64. The van der Waals surface area contributed by atoms with Crippen LogP contribution >= 0.6 is 0 Å². The van der Waals surface area contributed by atoms with Gasteiger partial charge in [0.25, 0.3) is 5.91 Å². The van der Waals surface area contributed by atoms with Crippen LogP contribution in [0.15, 0.2) is 0 Å². The number of carboxylic acid groups (broad SMARTS) is 1. The zero-order chi connectivity index (χ0) is 17.6. The number of halogens is 1. The molecule has 2 amide bonds. The van der Waals surface area contributed by atoms with E-state index < -0.39 is 47.1 Å². The largest absolute Gasteiger partial charge is 0.480 e. The molecule has 0 bridgehead atoms. The maximum absolute atomic E-state index is 13.9. The smallest absolute Gasteiger partial charge is 0.326 e. The number of β-amino-alcohol motifs (C(OH)–C–C–N with tert-alkyl or cyclic N) is 1. The molecule has 0 unspecified atom stereocenters. The van der Waals surface area contributed by atoms with Crippen molar-refractivity contribution in [1.82, 2.24) is 10.2 Å². The van der Waals surface area contributed by atoms with E-state index in [-0.39, 0.29) is 25.8 Å². The molecule has 1 aliphatic heterocycles. The standard InChI is InChI=1S/C15H23FN2O5/c1-14(2,3)10(17-13(23)15(16)4-5-15)11(20)18-7-8(19)6-9(18)12(21)22/h8-10,19H,4-7H2,1-3H3,(H,17,23)(H,21,22)/t8-,9+,10-/m1/s1. The Kier molecular flexibility index (Phi) is 4.40. The molecule has 1 aliphatic carbocycles. The topological polar surface area (TPSA) is 107 Å². The summed E-state index contributed by atoms with van der Waals surface area (Å²) in [7, 11) is 0. The first-order valence-corrected chi connectivity index (χ1v) is 7.67. The van der Waals surface area contributed by atoms with Crippen LogP contribution in [-0.4, -0.2) is 63.3 Å². The number of likely N-dealkylation sites (tertiary alicyclic amines) is 1. The number of nitrogens with zero attached hydrogens (tertiary/aromatic N) is 1. The van der Waals surface area contributed by atoms with Gasteiger partial charge in [-0.25, -0.2) is 9.18 Å². The van der Waals surface area contributed by atoms with Crippen molar-refractivity contribution in [2.45, 2.75) is 63.9 Å². The van der Waals surface area contributed by atoms with Gasteiger partial charge in [0.15, 0.2) is 5.67 Å². The molecule has 0 aromatic carbocycles. The molecule has 1 saturated heterocycles. The summed E-state index contributed by atoms with van der Waals surface area (Å²) < 4.78 is 13.9. The number of rotatable bonds is 4. The normalized spacial score (nSPS) is 27.4. The molecule has 2 rings (SSSR count). The van der Waals surface area contributed by atoms with Crippen molar-refractivity contribution in [1.29, 1.82) is 0 Å². The lowest BCUT2D eigenvalue weighted by Gasteiger charge is -2.35. The molecule has 23 heavy (non-hydrogen) atoms. The number of nitrogens with one attached hydrogen (secondary N) is 1. The Morgan fingerprint density at radius 3 is 2.30 bits per heavy atom. The number of aliphatic carboxylic acids is 1. The summed E-state index contributed by atoms with van der Waals surface area (Å²) >= 11 is 0. The lowest BCUT2D eigenvalue weighted by atomic mass is 9.85. The van der Waals surface area contributed by atoms with Crippen LogP contribution in [0, 0.1) is 5.41 Å². The predicted molar refractivity (Wildman–Crippen MR) is 78.2 cm³/mol. The fourth-order valence-electron chi connectivity index (χ4n) is 2.70. The van der Waals surface area contributed by atoms with E-state index in [4.69, 9.17) is 0 Å². The van der Waals surface area contributed by atoms with Gasteiger partial charge in [-0.15, -0.1) is 0 Å². The van der Waals surface area contributed by atoms with E-state index in [1.54, 1.807) is 20.8 Å². The molecule has 3 N–H and O–H groups in total. The lowest BCUT2D eigenvalue weighted by molar-refractivity contribution is -0.151. The monoisotopic (exact) mass is 330 g/mol. The third-order valence-electron chi connectivity index (χ3n) is 4.33. The van der Waals surface area contributed by atoms with Crippen LogP contribution in [0.5, 0.6) is 0 Å². The SMILES string of the molecule is CC(C)(C)[C@H](NC(=O)C1(F)CC1)C(=O)N1C[C@H](O)C[C@H]1C(=O)O. The zero-order valence-corrected chi connectivity index (χ0v) is 13.5. The summed E-state index contributed by atoms with van der Waals surface area (Å²) in [5.74, 6) is -2.66. The minimum Gasteiger partial charge on any atom is -0.480 e. The maximum Gasteiger partial charge on any atom is 0.326 e. The molecular formula is C15H23FN2O5. The van der Waals surface area contributed by atoms with Gasteiger partial charge in [0.1, 0.15) is 12.1 Å². The van der Waals surface area contributed by atoms with E-state index in [1.165, 1.54) is 0 Å². The number of carboxylic acids is 1. The number of carbonyl (C=O) groups excluding carboxylic acids is 2. The van der Waals surface area contributed by atoms with Crippen molar-refractivity contribution in [3.05, 3.63) is 0 Å². The number of aliphatic hydroxyl groups is 1. The van der Waals surface area contributed by atoms with Gasteiger partial charge in [0.05, 0.1) is 6.10 Å². The molecule has 1 saturated carbocycles. The van der Waals surface area contributed by atoms with Crippen molar-refractivity contribution in [3.8, 4) is 0 Å². The first-order valence-electron chi connectivity index (χ1n) is 7.67. The predicted octanol–water partition coefficient (Wildman–Crippen LogP) is 0.0658. The summed E-state index contributed by atoms with van der Waals surface area (Å²) in [6.45, 7) is 5.00. The zero-order valence-electron chi connectivity index (χ0n) is 13.5. The Labute approximate surface area is 133 Å². The summed E-state index contributed by atoms with van der Waals surface area (Å²) in [6, 6.07) is -2.20. The summed E-state index contributed by atoms with van der Waals surface area (Å²) in [5, 5.41) is 21.3. The minimum absolute atomic E-state index is 0.0566. The molecule has 0 radical (unpaired) electrons. The highest BCUT2D eigenvalue weighted by Gasteiger charge is 2.53. The van der Waals surface area contributed by atoms with Crippen molar-refractivity contribution >= 4 is 17.8 Å². The molecule has 3 atom stereocenters. The average Bonchev–Trinajstić information content (AvgIpc) is 3.04. The molecule has 0 aromatic rings. The van der Waals surface area contributed by atoms with Gasteiger partial charge in [-0.1, -0.05) is 20.8 Å². The molecule has 0 aromatic heterocycles. The lowest BCUT2D eigenvalue weighted by Crippen LogP contribution is -2.58. The molecule has 7 nitrogen and oxygen atoms in total. The van der Waals surface area contributed by atoms with Gasteiger partial charge in [0, 0.05) is 13.0 Å². The number of carbonyl (C=O) groups is 3. The fraction of sp³-hybridized carbons (Fsp3) is 0.800. The van der Waals surface area contributed by atoms with E-state index in [1.807, 2.05) is 0 Å². The van der Waals surface area contributed by atoms with Crippen LogP contribution < -0.4 is 5.32 Å². The summed E-state index contributed by atoms with van der Waals surface area (Å²) in [6.07, 6.45) is -0.722. The third-order valence-corrected chi connectivity index (χ3v) is 4.33. The van der Waals surface area contributed by atoms with Gasteiger partial charge >= 0.3 is 5.97 Å². The Balaban J connectivity index is 2.19. The Bertz CT molecular complexity index is 526. The van der Waals surface area contributed by atoms with Gasteiger partial charge < -0.3 is 20.4 Å². The second kappa shape index (κ2) is 5.74. The van der Waals surface area contributed by atoms with E-state index >= 15 is 0 Å². The second-order valence-corrected chi connectivity index (χ2v) is 7.47. The molecule has 2 aliphatic rings. The van der Waals surface area contributed by atoms with Crippen LogP contribution in [0.3, 0.4) is 0 Å². The van der Waals surface area contributed by atoms with Crippen LogP contribution in [0.2, 0.25) is 0 Å². The number of aliphatic hydroxyl groups excluding tert-OH is 1. The first-order chi connectivity index (χ1) is 10.5. The van der Waals surface area contributed by atoms with Crippen LogP contribution in [0.1, 0.15) is 40.0 Å². The fourth-order valence-corrected chi connectivity index (χ4v) is 2.70. The van der Waals surface area contributed by atoms with Gasteiger partial charge in [-0.2, -0.15) is 0 Å². The number of alkyl halides is 1. The molecular weight excluding hydrogens is 307 g/mol. The molecule has 8 heteroatoms. The van der Waals surface area contributed by atoms with Crippen LogP contribution in [0.4, 0.5) is 4.39 Å². The Morgan fingerprint density at radius 1 is 1.30 bits per heavy atom. The van der Waals surface area contributed by atoms with Gasteiger partial charge in [-0.05, 0) is 18.3 Å². The number of hydrogen-bond donors (Lipinski definition) is 3. The Morgan fingerprint density at radius 2 is 1.87 bits per heavy atom. The van der Waals surface area contributed by atoms with E-state index in [0.29, 0.717) is 0 Å². The summed E-state index contributed by atoms with van der Waals surface area (Å²) in [4.78, 5) is 37.0. The van der Waals surface area contributed by atoms with E-state index in [9.17, 15) is 29.0 Å². The highest BCUT2D eigenvalue weighted by atomic mass is 19.1. The molecule has 1 heterocycles. The van der Waals surface area contributed by atoms with Crippen LogP contribution in [0.25, 0.3) is 0 Å². The van der Waals surface area contributed by atoms with Crippen molar-refractivity contribution in [2.75, 3.05) is 6.54 Å². The Hall–Kier alpha value is -1.70. The van der Waals surface area contributed by atoms with Gasteiger partial charge in [-0.3, -0.25) is 9.59 Å². The minimum atomic E-state index is -1.92. The second-order valence-electron chi connectivity index (χ2n) is 7.47. The maximum atomic E-state index is 13.9. The number of hydrogen-bond acceptors (Lipinski definition) is 4.